The van der Waals surface area contributed by atoms with Crippen molar-refractivity contribution in [2.75, 3.05) is 9.96 Å². The molecule has 3 atom stereocenters. The second-order valence-electron chi connectivity index (χ2n) is 7.86. The van der Waals surface area contributed by atoms with E-state index in [1.54, 1.807) is 30.3 Å². The lowest BCUT2D eigenvalue weighted by Gasteiger charge is -2.28. The highest BCUT2D eigenvalue weighted by atomic mass is 16.7. The zero-order valence-electron chi connectivity index (χ0n) is 17.1. The number of non-ortho nitro benzene ring substituents is 1. The molecule has 0 saturated carbocycles. The molecule has 2 saturated heterocycles. The van der Waals surface area contributed by atoms with Crippen LogP contribution in [0.3, 0.4) is 0 Å². The minimum atomic E-state index is -1.02. The molecule has 5 rings (SSSR count). The third-order valence-corrected chi connectivity index (χ3v) is 5.81. The summed E-state index contributed by atoms with van der Waals surface area (Å²) < 4.78 is 0. The minimum absolute atomic E-state index is 0.103. The van der Waals surface area contributed by atoms with E-state index in [2.05, 4.69) is 0 Å². The zero-order chi connectivity index (χ0) is 22.4. The highest BCUT2D eigenvalue weighted by Gasteiger charge is 2.60. The molecule has 2 heterocycles. The highest BCUT2D eigenvalue weighted by molar-refractivity contribution is 6.24. The third kappa shape index (κ3) is 3.12. The average Bonchev–Trinajstić information content (AvgIpc) is 3.30. The van der Waals surface area contributed by atoms with E-state index in [4.69, 9.17) is 4.84 Å². The number of carbonyl (C=O) groups is 2. The maximum absolute atomic E-state index is 13.5. The van der Waals surface area contributed by atoms with E-state index in [-0.39, 0.29) is 11.6 Å². The number of aryl methyl sites for hydroxylation is 1. The molecule has 3 aromatic carbocycles. The molecular formula is C24H19N3O5. The zero-order valence-corrected chi connectivity index (χ0v) is 17.1. The van der Waals surface area contributed by atoms with Crippen LogP contribution in [0.15, 0.2) is 78.9 Å². The Labute approximate surface area is 183 Å². The Morgan fingerprint density at radius 2 is 1.59 bits per heavy atom. The predicted octanol–water partition coefficient (Wildman–Crippen LogP) is 3.95. The number of nitrogens with zero attached hydrogens (tertiary/aromatic N) is 3. The molecule has 3 aromatic rings. The molecule has 2 aliphatic rings. The van der Waals surface area contributed by atoms with Gasteiger partial charge in [-0.2, -0.15) is 0 Å². The van der Waals surface area contributed by atoms with Crippen LogP contribution in [0, 0.1) is 23.0 Å². The van der Waals surface area contributed by atoms with E-state index in [1.165, 1.54) is 22.1 Å². The number of hydrogen-bond acceptors (Lipinski definition) is 6. The van der Waals surface area contributed by atoms with Gasteiger partial charge in [0, 0.05) is 12.1 Å². The van der Waals surface area contributed by atoms with Gasteiger partial charge < -0.3 is 0 Å². The molecule has 2 fully saturated rings. The first-order valence-electron chi connectivity index (χ1n) is 10.2. The summed E-state index contributed by atoms with van der Waals surface area (Å²) in [5.74, 6) is -1.59. The van der Waals surface area contributed by atoms with Gasteiger partial charge in [0.2, 0.25) is 5.91 Å². The number of amides is 2. The number of rotatable bonds is 4. The van der Waals surface area contributed by atoms with Crippen molar-refractivity contribution in [3.8, 4) is 0 Å². The molecule has 8 nitrogen and oxygen atoms in total. The van der Waals surface area contributed by atoms with Gasteiger partial charge in [-0.05, 0) is 36.2 Å². The highest BCUT2D eigenvalue weighted by Crippen LogP contribution is 2.47. The molecule has 0 aromatic heterocycles. The van der Waals surface area contributed by atoms with Gasteiger partial charge in [0.05, 0.1) is 22.3 Å². The van der Waals surface area contributed by atoms with Crippen molar-refractivity contribution in [1.29, 1.82) is 0 Å². The molecule has 3 unspecified atom stereocenters. The lowest BCUT2D eigenvalue weighted by atomic mass is 9.90. The molecule has 0 N–H and O–H groups in total. The van der Waals surface area contributed by atoms with Gasteiger partial charge in [-0.25, -0.2) is 9.96 Å². The molecular weight excluding hydrogens is 410 g/mol. The number of fused-ring (bicyclic) bond motifs is 1. The van der Waals surface area contributed by atoms with E-state index < -0.39 is 28.9 Å². The quantitative estimate of drug-likeness (QED) is 0.354. The van der Waals surface area contributed by atoms with Crippen LogP contribution in [0.5, 0.6) is 0 Å². The average molecular weight is 429 g/mol. The lowest BCUT2D eigenvalue weighted by molar-refractivity contribution is -0.384. The van der Waals surface area contributed by atoms with Crippen LogP contribution in [0.4, 0.5) is 17.1 Å². The van der Waals surface area contributed by atoms with Gasteiger partial charge in [-0.1, -0.05) is 48.5 Å². The fourth-order valence-electron chi connectivity index (χ4n) is 4.39. The summed E-state index contributed by atoms with van der Waals surface area (Å²) in [4.78, 5) is 44.8. The topological polar surface area (TPSA) is 93.0 Å². The van der Waals surface area contributed by atoms with Gasteiger partial charge >= 0.3 is 0 Å². The summed E-state index contributed by atoms with van der Waals surface area (Å²) in [5.41, 5.74) is 2.52. The lowest BCUT2D eigenvalue weighted by Crippen LogP contribution is -2.37. The van der Waals surface area contributed by atoms with Crippen molar-refractivity contribution in [3.05, 3.63) is 100 Å². The number of anilines is 2. The first-order chi connectivity index (χ1) is 15.5. The van der Waals surface area contributed by atoms with E-state index in [9.17, 15) is 19.7 Å². The number of hydrogen-bond donors (Lipinski definition) is 0. The van der Waals surface area contributed by atoms with E-state index in [0.717, 1.165) is 11.1 Å². The van der Waals surface area contributed by atoms with Crippen LogP contribution < -0.4 is 9.96 Å². The van der Waals surface area contributed by atoms with Crippen molar-refractivity contribution in [2.24, 2.45) is 5.92 Å². The Bertz CT molecular complexity index is 1230. The summed E-state index contributed by atoms with van der Waals surface area (Å²) in [6.07, 6.45) is -1.02. The maximum atomic E-state index is 13.5. The molecule has 160 valence electrons. The van der Waals surface area contributed by atoms with E-state index >= 15 is 0 Å². The summed E-state index contributed by atoms with van der Waals surface area (Å²) >= 11 is 0. The van der Waals surface area contributed by atoms with Gasteiger partial charge in [0.25, 0.3) is 11.6 Å². The molecule has 0 aliphatic carbocycles. The number of nitro groups is 1. The number of nitro benzene ring substituents is 1. The standard InChI is InChI=1S/C24H19N3O5/c1-15-7-5-10-17(13-15)25-23(28)20-21(16-8-3-2-4-9-16)26(32-22(20)24(25)29)18-11-6-12-19(14-18)27(30)31/h2-14,20-22H,1H3. The Morgan fingerprint density at radius 3 is 2.31 bits per heavy atom. The van der Waals surface area contributed by atoms with Gasteiger partial charge in [0.15, 0.2) is 6.10 Å². The summed E-state index contributed by atoms with van der Waals surface area (Å²) in [5, 5.41) is 12.7. The fourth-order valence-corrected chi connectivity index (χ4v) is 4.39. The van der Waals surface area contributed by atoms with Gasteiger partial charge in [-0.3, -0.25) is 24.5 Å². The number of benzene rings is 3. The largest absolute Gasteiger partial charge is 0.273 e. The molecule has 8 heteroatoms. The van der Waals surface area contributed by atoms with Crippen LogP contribution in [0.1, 0.15) is 17.2 Å². The second kappa shape index (κ2) is 7.58. The SMILES string of the molecule is Cc1cccc(N2C(=O)C3ON(c4cccc([N+](=O)[O-])c4)C(c4ccccc4)C3C2=O)c1. The van der Waals surface area contributed by atoms with Crippen molar-refractivity contribution < 1.29 is 19.3 Å². The first kappa shape index (κ1) is 19.9. The third-order valence-electron chi connectivity index (χ3n) is 5.81. The minimum Gasteiger partial charge on any atom is -0.273 e. The molecule has 2 amide bonds. The Morgan fingerprint density at radius 1 is 0.875 bits per heavy atom. The number of carbonyl (C=O) groups excluding carboxylic acids is 2. The first-order valence-corrected chi connectivity index (χ1v) is 10.2. The van der Waals surface area contributed by atoms with Crippen molar-refractivity contribution in [3.63, 3.8) is 0 Å². The monoisotopic (exact) mass is 429 g/mol. The molecule has 32 heavy (non-hydrogen) atoms. The van der Waals surface area contributed by atoms with E-state index in [1.807, 2.05) is 43.3 Å². The Kier molecular flexibility index (Phi) is 4.71. The van der Waals surface area contributed by atoms with Crippen LogP contribution in [-0.4, -0.2) is 22.8 Å². The Balaban J connectivity index is 1.59. The fraction of sp³-hybridized carbons (Fsp3) is 0.167. The smallest absolute Gasteiger partial charge is 0.271 e. The number of imide groups is 1. The van der Waals surface area contributed by atoms with Gasteiger partial charge in [-0.15, -0.1) is 0 Å². The molecule has 2 aliphatic heterocycles. The van der Waals surface area contributed by atoms with E-state index in [0.29, 0.717) is 11.4 Å². The van der Waals surface area contributed by atoms with Crippen LogP contribution in [0.2, 0.25) is 0 Å². The summed E-state index contributed by atoms with van der Waals surface area (Å²) in [7, 11) is 0. The molecule has 0 bridgehead atoms. The summed E-state index contributed by atoms with van der Waals surface area (Å²) in [6, 6.07) is 21.8. The van der Waals surface area contributed by atoms with Crippen LogP contribution in [0.25, 0.3) is 0 Å². The summed E-state index contributed by atoms with van der Waals surface area (Å²) in [6.45, 7) is 1.89. The predicted molar refractivity (Wildman–Crippen MR) is 117 cm³/mol. The molecule has 0 spiro atoms. The van der Waals surface area contributed by atoms with Crippen LogP contribution in [-0.2, 0) is 14.4 Å². The Hall–Kier alpha value is -4.04. The van der Waals surface area contributed by atoms with Crippen molar-refractivity contribution in [1.82, 2.24) is 0 Å². The van der Waals surface area contributed by atoms with Gasteiger partial charge in [0.1, 0.15) is 5.92 Å². The van der Waals surface area contributed by atoms with Crippen LogP contribution >= 0.6 is 0 Å². The maximum Gasteiger partial charge on any atom is 0.271 e. The van der Waals surface area contributed by atoms with Crippen molar-refractivity contribution >= 4 is 28.9 Å². The molecule has 0 radical (unpaired) electrons. The second-order valence-corrected chi connectivity index (χ2v) is 7.86. The van der Waals surface area contributed by atoms with Crippen molar-refractivity contribution in [2.45, 2.75) is 19.1 Å². The normalized spacial score (nSPS) is 22.3. The number of hydroxylamine groups is 1.